The SMILES string of the molecule is O=C(CCCCCN=C1NS(=O)(=O)c2ccccc21)Nc1ccc2c(c1)OC1(CCCCC1)O2. The van der Waals surface area contributed by atoms with Crippen LogP contribution in [0, 0.1) is 0 Å². The fraction of sp³-hybridized carbons (Fsp3) is 0.440. The number of rotatable bonds is 7. The van der Waals surface area contributed by atoms with Gasteiger partial charge in [0.15, 0.2) is 11.5 Å². The molecule has 0 bridgehead atoms. The standard InChI is InChI=1S/C25H29N3O5S/c29-23(27-18-12-13-20-21(17-18)33-25(32-20)14-6-2-7-15-25)11-3-1-8-16-26-24-19-9-4-5-10-22(19)34(30,31)28-24/h4-5,9-10,12-13,17H,1-3,6-8,11,14-16H2,(H,26,28)(H,27,29). The van der Waals surface area contributed by atoms with Gasteiger partial charge >= 0.3 is 0 Å². The van der Waals surface area contributed by atoms with Crippen LogP contribution in [0.3, 0.4) is 0 Å². The predicted octanol–water partition coefficient (Wildman–Crippen LogP) is 4.36. The minimum Gasteiger partial charge on any atom is -0.448 e. The first-order valence-electron chi connectivity index (χ1n) is 11.9. The largest absolute Gasteiger partial charge is 0.448 e. The summed E-state index contributed by atoms with van der Waals surface area (Å²) in [5.41, 5.74) is 1.32. The molecule has 9 heteroatoms. The summed E-state index contributed by atoms with van der Waals surface area (Å²) in [6.45, 7) is 0.498. The van der Waals surface area contributed by atoms with Gasteiger partial charge in [-0.05, 0) is 49.9 Å². The maximum atomic E-state index is 12.4. The summed E-state index contributed by atoms with van der Waals surface area (Å²) in [6, 6.07) is 12.4. The number of anilines is 1. The van der Waals surface area contributed by atoms with E-state index < -0.39 is 15.8 Å². The van der Waals surface area contributed by atoms with Crippen molar-refractivity contribution in [2.24, 2.45) is 4.99 Å². The molecule has 5 rings (SSSR count). The molecule has 2 aromatic carbocycles. The summed E-state index contributed by atoms with van der Waals surface area (Å²) in [6.07, 6.45) is 7.94. The van der Waals surface area contributed by atoms with E-state index in [-0.39, 0.29) is 10.8 Å². The minimum absolute atomic E-state index is 0.0463. The van der Waals surface area contributed by atoms with Crippen molar-refractivity contribution in [3.8, 4) is 11.5 Å². The first-order valence-corrected chi connectivity index (χ1v) is 13.4. The predicted molar refractivity (Wildman–Crippen MR) is 129 cm³/mol. The van der Waals surface area contributed by atoms with Crippen LogP contribution in [-0.2, 0) is 14.8 Å². The van der Waals surface area contributed by atoms with Crippen LogP contribution in [0.15, 0.2) is 52.4 Å². The quantitative estimate of drug-likeness (QED) is 0.570. The van der Waals surface area contributed by atoms with Crippen molar-refractivity contribution in [1.82, 2.24) is 4.72 Å². The molecule has 2 aliphatic heterocycles. The highest BCUT2D eigenvalue weighted by Crippen LogP contribution is 2.46. The fourth-order valence-corrected chi connectivity index (χ4v) is 5.96. The van der Waals surface area contributed by atoms with E-state index in [9.17, 15) is 13.2 Å². The number of nitrogens with one attached hydrogen (secondary N) is 2. The number of fused-ring (bicyclic) bond motifs is 2. The first kappa shape index (κ1) is 22.7. The molecule has 0 atom stereocenters. The zero-order valence-electron chi connectivity index (χ0n) is 19.0. The Morgan fingerprint density at radius 1 is 1.00 bits per heavy atom. The van der Waals surface area contributed by atoms with Gasteiger partial charge in [-0.1, -0.05) is 25.0 Å². The Balaban J connectivity index is 1.05. The Hall–Kier alpha value is -3.07. The van der Waals surface area contributed by atoms with Crippen LogP contribution in [0.25, 0.3) is 0 Å². The van der Waals surface area contributed by atoms with Gasteiger partial charge in [0.1, 0.15) is 5.84 Å². The molecular weight excluding hydrogens is 454 g/mol. The number of unbranched alkanes of at least 4 members (excludes halogenated alkanes) is 2. The van der Waals surface area contributed by atoms with Gasteiger partial charge in [0.2, 0.25) is 5.91 Å². The van der Waals surface area contributed by atoms with Crippen molar-refractivity contribution >= 4 is 27.5 Å². The van der Waals surface area contributed by atoms with Crippen molar-refractivity contribution in [1.29, 1.82) is 0 Å². The molecule has 34 heavy (non-hydrogen) atoms. The number of ether oxygens (including phenoxy) is 2. The molecule has 2 aromatic rings. The second-order valence-corrected chi connectivity index (χ2v) is 10.7. The summed E-state index contributed by atoms with van der Waals surface area (Å²) >= 11 is 0. The highest BCUT2D eigenvalue weighted by molar-refractivity contribution is 7.90. The van der Waals surface area contributed by atoms with Gasteiger partial charge in [-0.15, -0.1) is 0 Å². The number of aliphatic imine (C=N–C) groups is 1. The lowest BCUT2D eigenvalue weighted by Gasteiger charge is -2.31. The molecule has 2 heterocycles. The average molecular weight is 484 g/mol. The Morgan fingerprint density at radius 3 is 2.65 bits per heavy atom. The molecule has 8 nitrogen and oxygen atoms in total. The molecule has 1 amide bonds. The van der Waals surface area contributed by atoms with Crippen LogP contribution >= 0.6 is 0 Å². The lowest BCUT2D eigenvalue weighted by atomic mass is 9.94. The zero-order chi connectivity index (χ0) is 23.6. The maximum absolute atomic E-state index is 12.4. The fourth-order valence-electron chi connectivity index (χ4n) is 4.71. The van der Waals surface area contributed by atoms with Crippen LogP contribution in [0.5, 0.6) is 11.5 Å². The number of carbonyl (C=O) groups excluding carboxylic acids is 1. The summed E-state index contributed by atoms with van der Waals surface area (Å²) in [5.74, 6) is 1.27. The number of hydrogen-bond donors (Lipinski definition) is 2. The molecule has 0 saturated heterocycles. The second-order valence-electron chi connectivity index (χ2n) is 9.03. The van der Waals surface area contributed by atoms with E-state index in [1.165, 1.54) is 6.42 Å². The van der Waals surface area contributed by atoms with Crippen molar-refractivity contribution in [2.75, 3.05) is 11.9 Å². The number of nitrogens with zero attached hydrogens (tertiary/aromatic N) is 1. The zero-order valence-corrected chi connectivity index (χ0v) is 19.8. The van der Waals surface area contributed by atoms with Gasteiger partial charge in [0, 0.05) is 43.1 Å². The summed E-state index contributed by atoms with van der Waals surface area (Å²) in [4.78, 5) is 17.1. The summed E-state index contributed by atoms with van der Waals surface area (Å²) in [7, 11) is -3.51. The summed E-state index contributed by atoms with van der Waals surface area (Å²) in [5, 5.41) is 2.94. The van der Waals surface area contributed by atoms with E-state index in [2.05, 4.69) is 15.0 Å². The second kappa shape index (κ2) is 9.29. The highest BCUT2D eigenvalue weighted by Gasteiger charge is 2.42. The van der Waals surface area contributed by atoms with E-state index in [1.54, 1.807) is 24.3 Å². The first-order chi connectivity index (χ1) is 16.4. The van der Waals surface area contributed by atoms with E-state index in [4.69, 9.17) is 9.47 Å². The lowest BCUT2D eigenvalue weighted by molar-refractivity contribution is -0.116. The third kappa shape index (κ3) is 4.75. The van der Waals surface area contributed by atoms with Crippen LogP contribution in [0.1, 0.15) is 63.4 Å². The Labute approximate surface area is 199 Å². The van der Waals surface area contributed by atoms with Crippen molar-refractivity contribution in [3.63, 3.8) is 0 Å². The third-order valence-electron chi connectivity index (χ3n) is 6.43. The van der Waals surface area contributed by atoms with Gasteiger partial charge in [-0.25, -0.2) is 8.42 Å². The van der Waals surface area contributed by atoms with Gasteiger partial charge in [0.25, 0.3) is 15.8 Å². The van der Waals surface area contributed by atoms with E-state index in [0.29, 0.717) is 35.8 Å². The highest BCUT2D eigenvalue weighted by atomic mass is 32.2. The molecule has 1 fully saturated rings. The molecule has 3 aliphatic rings. The summed E-state index contributed by atoms with van der Waals surface area (Å²) < 4.78 is 38.9. The van der Waals surface area contributed by atoms with Crippen molar-refractivity contribution in [3.05, 3.63) is 48.0 Å². The molecule has 0 unspecified atom stereocenters. The van der Waals surface area contributed by atoms with Crippen molar-refractivity contribution in [2.45, 2.75) is 68.5 Å². The topological polar surface area (TPSA) is 106 Å². The number of benzene rings is 2. The molecule has 1 aliphatic carbocycles. The van der Waals surface area contributed by atoms with E-state index in [0.717, 1.165) is 50.7 Å². The van der Waals surface area contributed by atoms with Gasteiger partial charge in [-0.3, -0.25) is 14.5 Å². The van der Waals surface area contributed by atoms with Crippen LogP contribution < -0.4 is 19.5 Å². The average Bonchev–Trinajstić information content (AvgIpc) is 3.30. The Bertz CT molecular complexity index is 1220. The number of amides is 1. The monoisotopic (exact) mass is 483 g/mol. The van der Waals surface area contributed by atoms with Crippen LogP contribution in [0.2, 0.25) is 0 Å². The maximum Gasteiger partial charge on any atom is 0.263 e. The van der Waals surface area contributed by atoms with Gasteiger partial charge < -0.3 is 14.8 Å². The minimum atomic E-state index is -3.51. The molecule has 1 spiro atoms. The van der Waals surface area contributed by atoms with E-state index in [1.807, 2.05) is 18.2 Å². The van der Waals surface area contributed by atoms with Gasteiger partial charge in [-0.2, -0.15) is 0 Å². The third-order valence-corrected chi connectivity index (χ3v) is 7.83. The molecule has 1 saturated carbocycles. The number of hydrogen-bond acceptors (Lipinski definition) is 6. The normalized spacial score (nSPS) is 20.2. The smallest absolute Gasteiger partial charge is 0.263 e. The molecule has 0 aromatic heterocycles. The lowest BCUT2D eigenvalue weighted by Crippen LogP contribution is -2.40. The molecule has 2 N–H and O–H groups in total. The molecule has 180 valence electrons. The number of sulfonamides is 1. The van der Waals surface area contributed by atoms with Crippen LogP contribution in [-0.4, -0.2) is 32.5 Å². The molecular formula is C25H29N3O5S. The number of amidine groups is 1. The number of carbonyl (C=O) groups is 1. The van der Waals surface area contributed by atoms with Crippen molar-refractivity contribution < 1.29 is 22.7 Å². The Kier molecular flexibility index (Phi) is 6.20. The van der Waals surface area contributed by atoms with Crippen LogP contribution in [0.4, 0.5) is 5.69 Å². The molecule has 0 radical (unpaired) electrons. The Morgan fingerprint density at radius 2 is 1.79 bits per heavy atom. The van der Waals surface area contributed by atoms with Gasteiger partial charge in [0.05, 0.1) is 4.90 Å². The van der Waals surface area contributed by atoms with E-state index >= 15 is 0 Å².